The van der Waals surface area contributed by atoms with Gasteiger partial charge < -0.3 is 4.74 Å². The molecule has 0 aliphatic heterocycles. The number of para-hydroxylation sites is 1. The van der Waals surface area contributed by atoms with Gasteiger partial charge in [0.1, 0.15) is 10.8 Å². The Morgan fingerprint density at radius 1 is 1.25 bits per heavy atom. The number of nitrogens with zero attached hydrogens (tertiary/aromatic N) is 1. The zero-order chi connectivity index (χ0) is 14.9. The van der Waals surface area contributed by atoms with E-state index in [1.54, 1.807) is 6.07 Å². The number of hydrogen-bond donors (Lipinski definition) is 0. The molecule has 0 bridgehead atoms. The largest absolute Gasteiger partial charge is 0.450 e. The molecular weight excluding hydrogens is 346 g/mol. The van der Waals surface area contributed by atoms with Crippen LogP contribution in [0, 0.1) is 24.0 Å². The van der Waals surface area contributed by atoms with E-state index in [1.807, 2.05) is 26.0 Å². The molecule has 20 heavy (non-hydrogen) atoms. The molecule has 6 heteroatoms. The molecule has 0 heterocycles. The predicted octanol–water partition coefficient (Wildman–Crippen LogP) is 5.42. The van der Waals surface area contributed by atoms with Crippen molar-refractivity contribution in [2.45, 2.75) is 13.8 Å². The van der Waals surface area contributed by atoms with E-state index < -0.39 is 4.92 Å². The lowest BCUT2D eigenvalue weighted by Crippen LogP contribution is -1.95. The fourth-order valence-corrected chi connectivity index (χ4v) is 2.31. The summed E-state index contributed by atoms with van der Waals surface area (Å²) in [7, 11) is 0. The van der Waals surface area contributed by atoms with Gasteiger partial charge >= 0.3 is 5.69 Å². The van der Waals surface area contributed by atoms with Gasteiger partial charge in [-0.2, -0.15) is 0 Å². The molecule has 0 aliphatic carbocycles. The summed E-state index contributed by atoms with van der Waals surface area (Å²) in [6, 6.07) is 8.22. The molecule has 2 aromatic carbocycles. The molecule has 0 fully saturated rings. The Balaban J connectivity index is 2.45. The van der Waals surface area contributed by atoms with E-state index in [9.17, 15) is 10.1 Å². The zero-order valence-electron chi connectivity index (χ0n) is 10.8. The van der Waals surface area contributed by atoms with Crippen LogP contribution in [-0.2, 0) is 0 Å². The molecule has 0 aliphatic rings. The Bertz CT molecular complexity index is 665. The molecular formula is C14H11BrClNO3. The van der Waals surface area contributed by atoms with Crippen molar-refractivity contribution < 1.29 is 9.66 Å². The molecule has 0 radical (unpaired) electrons. The normalized spacial score (nSPS) is 10.4. The number of rotatable bonds is 3. The summed E-state index contributed by atoms with van der Waals surface area (Å²) in [6.45, 7) is 3.85. The van der Waals surface area contributed by atoms with Gasteiger partial charge in [-0.15, -0.1) is 0 Å². The van der Waals surface area contributed by atoms with Crippen molar-refractivity contribution in [2.75, 3.05) is 0 Å². The van der Waals surface area contributed by atoms with Gasteiger partial charge in [0.05, 0.1) is 4.92 Å². The molecule has 0 saturated carbocycles. The summed E-state index contributed by atoms with van der Waals surface area (Å²) in [4.78, 5) is 10.5. The monoisotopic (exact) mass is 355 g/mol. The van der Waals surface area contributed by atoms with Crippen LogP contribution in [-0.4, -0.2) is 4.92 Å². The van der Waals surface area contributed by atoms with Crippen molar-refractivity contribution in [2.24, 2.45) is 0 Å². The van der Waals surface area contributed by atoms with Gasteiger partial charge in [0, 0.05) is 4.47 Å². The van der Waals surface area contributed by atoms with Gasteiger partial charge in [0.2, 0.25) is 5.75 Å². The number of benzene rings is 2. The van der Waals surface area contributed by atoms with Crippen LogP contribution in [0.25, 0.3) is 0 Å². The Kier molecular flexibility index (Phi) is 4.30. The van der Waals surface area contributed by atoms with Crippen molar-refractivity contribution in [3.63, 3.8) is 0 Å². The summed E-state index contributed by atoms with van der Waals surface area (Å²) >= 11 is 9.31. The highest BCUT2D eigenvalue weighted by molar-refractivity contribution is 9.10. The zero-order valence-corrected chi connectivity index (χ0v) is 13.2. The molecule has 2 aromatic rings. The molecule has 2 rings (SSSR count). The van der Waals surface area contributed by atoms with Gasteiger partial charge in [-0.3, -0.25) is 10.1 Å². The smallest absolute Gasteiger partial charge is 0.329 e. The van der Waals surface area contributed by atoms with Crippen molar-refractivity contribution in [1.29, 1.82) is 0 Å². The number of ether oxygens (including phenoxy) is 1. The van der Waals surface area contributed by atoms with E-state index in [0.717, 1.165) is 15.6 Å². The highest BCUT2D eigenvalue weighted by Crippen LogP contribution is 2.38. The Labute approximate surface area is 129 Å². The maximum Gasteiger partial charge on any atom is 0.329 e. The van der Waals surface area contributed by atoms with Crippen LogP contribution in [0.1, 0.15) is 11.1 Å². The molecule has 0 amide bonds. The van der Waals surface area contributed by atoms with E-state index in [0.29, 0.717) is 5.75 Å². The molecule has 0 unspecified atom stereocenters. The second kappa shape index (κ2) is 5.81. The third-order valence-electron chi connectivity index (χ3n) is 2.77. The number of nitro groups is 1. The lowest BCUT2D eigenvalue weighted by atomic mass is 10.1. The molecule has 0 spiro atoms. The molecule has 104 valence electrons. The number of hydrogen-bond acceptors (Lipinski definition) is 3. The van der Waals surface area contributed by atoms with Crippen LogP contribution in [0.2, 0.25) is 5.02 Å². The van der Waals surface area contributed by atoms with Crippen molar-refractivity contribution in [1.82, 2.24) is 0 Å². The first-order valence-corrected chi connectivity index (χ1v) is 6.94. The van der Waals surface area contributed by atoms with Crippen LogP contribution in [0.15, 0.2) is 34.8 Å². The summed E-state index contributed by atoms with van der Waals surface area (Å²) in [5.74, 6) is 0.664. The van der Waals surface area contributed by atoms with Crippen LogP contribution >= 0.6 is 27.5 Å². The highest BCUT2D eigenvalue weighted by atomic mass is 79.9. The fourth-order valence-electron chi connectivity index (χ4n) is 1.85. The van der Waals surface area contributed by atoms with E-state index in [2.05, 4.69) is 15.9 Å². The van der Waals surface area contributed by atoms with Crippen LogP contribution in [0.3, 0.4) is 0 Å². The third kappa shape index (κ3) is 2.94. The molecule has 0 atom stereocenters. The Morgan fingerprint density at radius 2 is 1.85 bits per heavy atom. The van der Waals surface area contributed by atoms with Crippen LogP contribution in [0.4, 0.5) is 5.69 Å². The minimum Gasteiger partial charge on any atom is -0.450 e. The molecule has 0 aromatic heterocycles. The average Bonchev–Trinajstić information content (AvgIpc) is 2.35. The summed E-state index contributed by atoms with van der Waals surface area (Å²) < 4.78 is 6.61. The van der Waals surface area contributed by atoms with E-state index in [-0.39, 0.29) is 16.5 Å². The lowest BCUT2D eigenvalue weighted by molar-refractivity contribution is -0.385. The summed E-state index contributed by atoms with van der Waals surface area (Å²) in [5.41, 5.74) is 1.75. The summed E-state index contributed by atoms with van der Waals surface area (Å²) in [6.07, 6.45) is 0. The minimum absolute atomic E-state index is 0.0538. The van der Waals surface area contributed by atoms with Gasteiger partial charge in [-0.25, -0.2) is 0 Å². The Morgan fingerprint density at radius 3 is 2.40 bits per heavy atom. The van der Waals surface area contributed by atoms with E-state index in [1.165, 1.54) is 12.1 Å². The summed E-state index contributed by atoms with van der Waals surface area (Å²) in [5, 5.41) is 11.1. The first kappa shape index (κ1) is 14.8. The number of aryl methyl sites for hydroxylation is 2. The van der Waals surface area contributed by atoms with Crippen LogP contribution < -0.4 is 4.74 Å². The number of halogens is 2. The SMILES string of the molecule is Cc1cc(Oc2cccc(Cl)c2[N+](=O)[O-])cc(C)c1Br. The fraction of sp³-hybridized carbons (Fsp3) is 0.143. The number of nitro benzene ring substituents is 1. The van der Waals surface area contributed by atoms with Gasteiger partial charge in [-0.1, -0.05) is 33.6 Å². The van der Waals surface area contributed by atoms with Crippen molar-refractivity contribution >= 4 is 33.2 Å². The average molecular weight is 357 g/mol. The van der Waals surface area contributed by atoms with E-state index in [4.69, 9.17) is 16.3 Å². The second-order valence-electron chi connectivity index (χ2n) is 4.32. The third-order valence-corrected chi connectivity index (χ3v) is 4.33. The van der Waals surface area contributed by atoms with Gasteiger partial charge in [0.25, 0.3) is 0 Å². The first-order chi connectivity index (χ1) is 9.40. The maximum atomic E-state index is 11.1. The van der Waals surface area contributed by atoms with E-state index >= 15 is 0 Å². The van der Waals surface area contributed by atoms with Crippen LogP contribution in [0.5, 0.6) is 11.5 Å². The lowest BCUT2D eigenvalue weighted by Gasteiger charge is -2.10. The highest BCUT2D eigenvalue weighted by Gasteiger charge is 2.20. The first-order valence-electron chi connectivity index (χ1n) is 5.77. The topological polar surface area (TPSA) is 52.4 Å². The maximum absolute atomic E-state index is 11.1. The Hall–Kier alpha value is -1.59. The molecule has 0 saturated heterocycles. The molecule has 0 N–H and O–H groups in total. The van der Waals surface area contributed by atoms with Gasteiger partial charge in [0.15, 0.2) is 0 Å². The van der Waals surface area contributed by atoms with Crippen molar-refractivity contribution in [3.8, 4) is 11.5 Å². The standard InChI is InChI=1S/C14H11BrClNO3/c1-8-6-10(7-9(2)13(8)15)20-12-5-3-4-11(16)14(12)17(18)19/h3-7H,1-2H3. The quantitative estimate of drug-likeness (QED) is 0.545. The van der Waals surface area contributed by atoms with Gasteiger partial charge in [-0.05, 0) is 49.2 Å². The predicted molar refractivity (Wildman–Crippen MR) is 81.8 cm³/mol. The molecule has 4 nitrogen and oxygen atoms in total. The van der Waals surface area contributed by atoms with Crippen molar-refractivity contribution in [3.05, 3.63) is 61.1 Å². The second-order valence-corrected chi connectivity index (χ2v) is 5.52. The minimum atomic E-state index is -0.545.